The van der Waals surface area contributed by atoms with Crippen LogP contribution in [0.5, 0.6) is 0 Å². The van der Waals surface area contributed by atoms with Crippen molar-refractivity contribution in [1.82, 2.24) is 4.98 Å². The second-order valence-electron chi connectivity index (χ2n) is 4.54. The first-order valence-electron chi connectivity index (χ1n) is 5.57. The Balaban J connectivity index is 2.75. The van der Waals surface area contributed by atoms with Gasteiger partial charge in [-0.15, -0.1) is 0 Å². The van der Waals surface area contributed by atoms with Crippen LogP contribution in [0.25, 0.3) is 0 Å². The molecule has 0 bridgehead atoms. The zero-order valence-corrected chi connectivity index (χ0v) is 10.4. The molecule has 1 rings (SSSR count). The summed E-state index contributed by atoms with van der Waals surface area (Å²) in [6.45, 7) is 5.80. The molecule has 0 saturated heterocycles. The molecule has 1 aromatic heterocycles. The normalized spacial score (nSPS) is 11.0. The molecule has 4 nitrogen and oxygen atoms in total. The second kappa shape index (κ2) is 5.57. The molecule has 4 heteroatoms. The highest BCUT2D eigenvalue weighted by molar-refractivity contribution is 5.88. The lowest BCUT2D eigenvalue weighted by Crippen LogP contribution is -2.17. The van der Waals surface area contributed by atoms with E-state index < -0.39 is 5.41 Å². The Morgan fingerprint density at radius 2 is 2.18 bits per heavy atom. The molecule has 0 fully saturated rings. The highest BCUT2D eigenvalue weighted by Crippen LogP contribution is 2.17. The highest BCUT2D eigenvalue weighted by Gasteiger charge is 2.18. The lowest BCUT2D eigenvalue weighted by atomic mass is 9.89. The van der Waals surface area contributed by atoms with Gasteiger partial charge in [0.1, 0.15) is 6.29 Å². The summed E-state index contributed by atoms with van der Waals surface area (Å²) in [5, 5.41) is 0. The fourth-order valence-electron chi connectivity index (χ4n) is 1.37. The van der Waals surface area contributed by atoms with Gasteiger partial charge in [0.2, 0.25) is 0 Å². The van der Waals surface area contributed by atoms with Crippen LogP contribution in [0, 0.1) is 5.41 Å². The van der Waals surface area contributed by atoms with Gasteiger partial charge in [-0.05, 0) is 19.1 Å². The molecule has 0 aromatic carbocycles. The number of nitrogens with zero attached hydrogens (tertiary/aromatic N) is 1. The topological polar surface area (TPSA) is 56.3 Å². The number of aldehydes is 1. The number of rotatable bonds is 5. The number of esters is 1. The maximum Gasteiger partial charge on any atom is 0.339 e. The first-order valence-corrected chi connectivity index (χ1v) is 5.57. The van der Waals surface area contributed by atoms with Gasteiger partial charge in [-0.25, -0.2) is 4.79 Å². The number of carbonyl (C=O) groups is 2. The molecule has 0 atom stereocenters. The van der Waals surface area contributed by atoms with Crippen LogP contribution in [0.1, 0.15) is 36.8 Å². The van der Waals surface area contributed by atoms with Gasteiger partial charge in [-0.3, -0.25) is 4.98 Å². The fourth-order valence-corrected chi connectivity index (χ4v) is 1.37. The maximum absolute atomic E-state index is 11.4. The van der Waals surface area contributed by atoms with Crippen LogP contribution in [0.3, 0.4) is 0 Å². The molecular weight excluding hydrogens is 218 g/mol. The molecule has 0 amide bonds. The predicted molar refractivity (Wildman–Crippen MR) is 63.7 cm³/mol. The van der Waals surface area contributed by atoms with Crippen molar-refractivity contribution < 1.29 is 14.3 Å². The molecule has 0 aliphatic heterocycles. The average molecular weight is 235 g/mol. The Bertz CT molecular complexity index is 396. The Morgan fingerprint density at radius 3 is 2.65 bits per heavy atom. The Labute approximate surface area is 101 Å². The third kappa shape index (κ3) is 3.98. The second-order valence-corrected chi connectivity index (χ2v) is 4.54. The monoisotopic (exact) mass is 235 g/mol. The summed E-state index contributed by atoms with van der Waals surface area (Å²) in [6.07, 6.45) is 2.95. The summed E-state index contributed by atoms with van der Waals surface area (Å²) in [5.41, 5.74) is 0.785. The molecule has 1 heterocycles. The van der Waals surface area contributed by atoms with Crippen LogP contribution in [0.4, 0.5) is 0 Å². The average Bonchev–Trinajstić information content (AvgIpc) is 2.30. The first kappa shape index (κ1) is 13.4. The number of hydrogen-bond donors (Lipinski definition) is 0. The van der Waals surface area contributed by atoms with Gasteiger partial charge in [0, 0.05) is 23.7 Å². The minimum Gasteiger partial charge on any atom is -0.462 e. The summed E-state index contributed by atoms with van der Waals surface area (Å²) in [5.74, 6) is -0.374. The molecule has 0 saturated carbocycles. The fraction of sp³-hybridized carbons (Fsp3) is 0.462. The lowest BCUT2D eigenvalue weighted by molar-refractivity contribution is -0.114. The molecule has 0 spiro atoms. The minimum atomic E-state index is -0.432. The van der Waals surface area contributed by atoms with Gasteiger partial charge in [-0.2, -0.15) is 0 Å². The van der Waals surface area contributed by atoms with Crippen LogP contribution in [-0.4, -0.2) is 23.8 Å². The molecule has 0 unspecified atom stereocenters. The third-order valence-corrected chi connectivity index (χ3v) is 2.29. The molecule has 17 heavy (non-hydrogen) atoms. The van der Waals surface area contributed by atoms with Crippen LogP contribution >= 0.6 is 0 Å². The first-order chi connectivity index (χ1) is 7.98. The highest BCUT2D eigenvalue weighted by atomic mass is 16.5. The van der Waals surface area contributed by atoms with Gasteiger partial charge in [0.05, 0.1) is 12.2 Å². The molecule has 92 valence electrons. The minimum absolute atomic E-state index is 0.346. The number of ether oxygens (including phenoxy) is 1. The SMILES string of the molecule is CCOC(=O)c1ccc(CC(C)(C)C=O)nc1. The van der Waals surface area contributed by atoms with Gasteiger partial charge in [-0.1, -0.05) is 13.8 Å². The van der Waals surface area contributed by atoms with E-state index in [0.29, 0.717) is 18.6 Å². The Kier molecular flexibility index (Phi) is 4.37. The van der Waals surface area contributed by atoms with E-state index in [-0.39, 0.29) is 5.97 Å². The summed E-state index contributed by atoms with van der Waals surface area (Å²) in [7, 11) is 0. The number of hydrogen-bond acceptors (Lipinski definition) is 4. The Hall–Kier alpha value is -1.71. The van der Waals surface area contributed by atoms with Crippen molar-refractivity contribution in [3.63, 3.8) is 0 Å². The van der Waals surface area contributed by atoms with Crippen LogP contribution in [0.15, 0.2) is 18.3 Å². The third-order valence-electron chi connectivity index (χ3n) is 2.29. The number of pyridine rings is 1. The van der Waals surface area contributed by atoms with Crippen molar-refractivity contribution in [1.29, 1.82) is 0 Å². The Morgan fingerprint density at radius 1 is 1.47 bits per heavy atom. The van der Waals surface area contributed by atoms with Gasteiger partial charge >= 0.3 is 5.97 Å². The van der Waals surface area contributed by atoms with Crippen LogP contribution in [-0.2, 0) is 16.0 Å². The standard InChI is InChI=1S/C13H17NO3/c1-4-17-12(16)10-5-6-11(14-8-10)7-13(2,3)9-15/h5-6,8-9H,4,7H2,1-3H3. The van der Waals surface area contributed by atoms with E-state index in [1.807, 2.05) is 13.8 Å². The van der Waals surface area contributed by atoms with E-state index in [1.54, 1.807) is 19.1 Å². The van der Waals surface area contributed by atoms with Crippen molar-refractivity contribution in [2.24, 2.45) is 5.41 Å². The van der Waals surface area contributed by atoms with E-state index in [1.165, 1.54) is 6.20 Å². The molecule has 1 aromatic rings. The van der Waals surface area contributed by atoms with Gasteiger partial charge in [0.25, 0.3) is 0 Å². The van der Waals surface area contributed by atoms with E-state index in [0.717, 1.165) is 12.0 Å². The van der Waals surface area contributed by atoms with Gasteiger partial charge < -0.3 is 9.53 Å². The van der Waals surface area contributed by atoms with Crippen molar-refractivity contribution in [3.8, 4) is 0 Å². The van der Waals surface area contributed by atoms with Crippen molar-refractivity contribution in [3.05, 3.63) is 29.6 Å². The zero-order valence-electron chi connectivity index (χ0n) is 10.4. The van der Waals surface area contributed by atoms with Crippen LogP contribution in [0.2, 0.25) is 0 Å². The maximum atomic E-state index is 11.4. The van der Waals surface area contributed by atoms with Crippen molar-refractivity contribution >= 4 is 12.3 Å². The largest absolute Gasteiger partial charge is 0.462 e. The van der Waals surface area contributed by atoms with E-state index in [4.69, 9.17) is 4.74 Å². The number of aromatic nitrogens is 1. The molecule has 0 aliphatic carbocycles. The molecule has 0 radical (unpaired) electrons. The zero-order chi connectivity index (χ0) is 12.9. The van der Waals surface area contributed by atoms with E-state index in [2.05, 4.69) is 4.98 Å². The smallest absolute Gasteiger partial charge is 0.339 e. The summed E-state index contributed by atoms with van der Waals surface area (Å²) < 4.78 is 4.85. The number of carbonyl (C=O) groups excluding carboxylic acids is 2. The lowest BCUT2D eigenvalue weighted by Gasteiger charge is -2.15. The predicted octanol–water partition coefficient (Wildman–Crippen LogP) is 2.03. The van der Waals surface area contributed by atoms with Gasteiger partial charge in [0.15, 0.2) is 0 Å². The summed E-state index contributed by atoms with van der Waals surface area (Å²) in [6, 6.07) is 3.42. The van der Waals surface area contributed by atoms with Crippen molar-refractivity contribution in [2.45, 2.75) is 27.2 Å². The summed E-state index contributed by atoms with van der Waals surface area (Å²) in [4.78, 5) is 26.3. The molecular formula is C13H17NO3. The van der Waals surface area contributed by atoms with Crippen LogP contribution < -0.4 is 0 Å². The molecule has 0 aliphatic rings. The quantitative estimate of drug-likeness (QED) is 0.578. The summed E-state index contributed by atoms with van der Waals surface area (Å²) >= 11 is 0. The molecule has 0 N–H and O–H groups in total. The van der Waals surface area contributed by atoms with Crippen molar-refractivity contribution in [2.75, 3.05) is 6.61 Å². The van der Waals surface area contributed by atoms with E-state index in [9.17, 15) is 9.59 Å². The van der Waals surface area contributed by atoms with E-state index >= 15 is 0 Å².